The lowest BCUT2D eigenvalue weighted by Crippen LogP contribution is -2.05. The molecule has 148 valence electrons. The van der Waals surface area contributed by atoms with Gasteiger partial charge in [-0.25, -0.2) is 0 Å². The Balaban J connectivity index is 3.56. The number of carbonyl (C=O) groups excluding carboxylic acids is 1. The van der Waals surface area contributed by atoms with Gasteiger partial charge >= 0.3 is 11.9 Å². The van der Waals surface area contributed by atoms with Crippen molar-refractivity contribution in [3.8, 4) is 0 Å². The van der Waals surface area contributed by atoms with Crippen molar-refractivity contribution in [2.24, 2.45) is 5.92 Å². The van der Waals surface area contributed by atoms with Crippen LogP contribution in [0.3, 0.4) is 0 Å². The van der Waals surface area contributed by atoms with Crippen molar-refractivity contribution in [1.29, 1.82) is 0 Å². The van der Waals surface area contributed by atoms with Gasteiger partial charge in [-0.1, -0.05) is 42.9 Å². The van der Waals surface area contributed by atoms with Crippen molar-refractivity contribution in [3.05, 3.63) is 36.0 Å². The second kappa shape index (κ2) is 16.6. The van der Waals surface area contributed by atoms with Gasteiger partial charge in [-0.2, -0.15) is 0 Å². The van der Waals surface area contributed by atoms with Crippen LogP contribution in [0.2, 0.25) is 0 Å². The van der Waals surface area contributed by atoms with E-state index in [-0.39, 0.29) is 12.4 Å². The van der Waals surface area contributed by atoms with Gasteiger partial charge in [-0.15, -0.1) is 0 Å². The van der Waals surface area contributed by atoms with E-state index in [0.29, 0.717) is 38.2 Å². The number of rotatable bonds is 15. The van der Waals surface area contributed by atoms with Gasteiger partial charge in [0.05, 0.1) is 6.61 Å². The smallest absolute Gasteiger partial charge is 0.305 e. The van der Waals surface area contributed by atoms with Crippen LogP contribution < -0.4 is 0 Å². The van der Waals surface area contributed by atoms with Gasteiger partial charge in [0, 0.05) is 12.8 Å². The van der Waals surface area contributed by atoms with E-state index in [2.05, 4.69) is 45.1 Å². The average molecular weight is 365 g/mol. The predicted molar refractivity (Wildman–Crippen MR) is 107 cm³/mol. The summed E-state index contributed by atoms with van der Waals surface area (Å²) in [5, 5.41) is 8.51. The molecule has 4 nitrogen and oxygen atoms in total. The fraction of sp³-hybridized carbons (Fsp3) is 0.636. The van der Waals surface area contributed by atoms with Gasteiger partial charge in [0.1, 0.15) is 0 Å². The van der Waals surface area contributed by atoms with Crippen LogP contribution in [0.25, 0.3) is 0 Å². The molecule has 0 aliphatic carbocycles. The molecule has 0 rings (SSSR count). The number of ether oxygens (including phenoxy) is 1. The van der Waals surface area contributed by atoms with Crippen molar-refractivity contribution in [2.45, 2.75) is 78.6 Å². The zero-order valence-electron chi connectivity index (χ0n) is 16.7. The molecule has 0 aromatic rings. The summed E-state index contributed by atoms with van der Waals surface area (Å²) in [5.74, 6) is -0.359. The molecule has 0 fully saturated rings. The zero-order valence-corrected chi connectivity index (χ0v) is 16.7. The van der Waals surface area contributed by atoms with Crippen molar-refractivity contribution >= 4 is 11.9 Å². The Labute approximate surface area is 159 Å². The van der Waals surface area contributed by atoms with E-state index in [1.165, 1.54) is 12.0 Å². The molecule has 0 aliphatic heterocycles. The minimum atomic E-state index is -0.823. The van der Waals surface area contributed by atoms with Crippen molar-refractivity contribution in [2.75, 3.05) is 6.61 Å². The van der Waals surface area contributed by atoms with Gasteiger partial charge in [0.2, 0.25) is 0 Å². The van der Waals surface area contributed by atoms with Crippen LogP contribution in [-0.2, 0) is 14.3 Å². The van der Waals surface area contributed by atoms with Crippen molar-refractivity contribution in [1.82, 2.24) is 0 Å². The van der Waals surface area contributed by atoms with E-state index in [9.17, 15) is 9.59 Å². The first-order chi connectivity index (χ1) is 12.4. The molecule has 0 radical (unpaired) electrons. The first-order valence-electron chi connectivity index (χ1n) is 9.72. The zero-order chi connectivity index (χ0) is 19.6. The summed E-state index contributed by atoms with van der Waals surface area (Å²) in [7, 11) is 0. The molecule has 1 atom stereocenters. The molecule has 0 bridgehead atoms. The highest BCUT2D eigenvalue weighted by molar-refractivity contribution is 5.69. The molecule has 0 heterocycles. The standard InChI is InChI=1S/C22H36O4/c1-19(2)13-12-15-20(3)14-8-6-4-5-7-11-18-26-22(25)17-10-9-16-21(23)24/h5-8,13,20H,4,9-12,14-18H2,1-3H3,(H,23,24)/b7-5-,8-6-/t20-/m0/s1. The summed E-state index contributed by atoms with van der Waals surface area (Å²) in [5.41, 5.74) is 1.39. The lowest BCUT2D eigenvalue weighted by molar-refractivity contribution is -0.144. The van der Waals surface area contributed by atoms with Crippen LogP contribution in [0.5, 0.6) is 0 Å². The Morgan fingerprint density at radius 1 is 1.00 bits per heavy atom. The number of esters is 1. The third-order valence-corrected chi connectivity index (χ3v) is 3.93. The summed E-state index contributed by atoms with van der Waals surface area (Å²) >= 11 is 0. The molecule has 0 saturated heterocycles. The van der Waals surface area contributed by atoms with E-state index < -0.39 is 5.97 Å². The van der Waals surface area contributed by atoms with E-state index >= 15 is 0 Å². The van der Waals surface area contributed by atoms with Gasteiger partial charge in [-0.3, -0.25) is 9.59 Å². The third kappa shape index (κ3) is 18.5. The number of aliphatic carboxylic acids is 1. The van der Waals surface area contributed by atoms with Gasteiger partial charge < -0.3 is 9.84 Å². The summed E-state index contributed by atoms with van der Waals surface area (Å²) in [6.45, 7) is 6.95. The van der Waals surface area contributed by atoms with E-state index in [0.717, 1.165) is 19.3 Å². The van der Waals surface area contributed by atoms with Crippen LogP contribution in [0.1, 0.15) is 78.6 Å². The molecule has 0 aromatic heterocycles. The van der Waals surface area contributed by atoms with Gasteiger partial charge in [0.25, 0.3) is 0 Å². The predicted octanol–water partition coefficient (Wildman–Crippen LogP) is 5.84. The fourth-order valence-electron chi connectivity index (χ4n) is 2.35. The van der Waals surface area contributed by atoms with Crippen LogP contribution >= 0.6 is 0 Å². The quantitative estimate of drug-likeness (QED) is 0.225. The first-order valence-corrected chi connectivity index (χ1v) is 9.72. The lowest BCUT2D eigenvalue weighted by atomic mass is 10.0. The van der Waals surface area contributed by atoms with Crippen molar-refractivity contribution in [3.63, 3.8) is 0 Å². The molecule has 4 heteroatoms. The molecule has 1 N–H and O–H groups in total. The Bertz CT molecular complexity index is 471. The Hall–Kier alpha value is -1.84. The number of carboxylic acid groups (broad SMARTS) is 1. The molecule has 0 aliphatic rings. The molecule has 0 spiro atoms. The maximum Gasteiger partial charge on any atom is 0.305 e. The molecule has 0 saturated carbocycles. The second-order valence-electron chi connectivity index (χ2n) is 6.99. The van der Waals surface area contributed by atoms with Crippen LogP contribution in [-0.4, -0.2) is 23.7 Å². The van der Waals surface area contributed by atoms with Crippen LogP contribution in [0.15, 0.2) is 36.0 Å². The Morgan fingerprint density at radius 2 is 1.69 bits per heavy atom. The maximum absolute atomic E-state index is 11.4. The Kier molecular flexibility index (Phi) is 15.4. The van der Waals surface area contributed by atoms with E-state index in [1.807, 2.05) is 6.08 Å². The largest absolute Gasteiger partial charge is 0.481 e. The van der Waals surface area contributed by atoms with Gasteiger partial charge in [-0.05, 0) is 64.7 Å². The highest BCUT2D eigenvalue weighted by Crippen LogP contribution is 2.12. The van der Waals surface area contributed by atoms with Gasteiger partial charge in [0.15, 0.2) is 0 Å². The normalized spacial score (nSPS) is 12.4. The number of carbonyl (C=O) groups is 2. The highest BCUT2D eigenvalue weighted by Gasteiger charge is 2.03. The number of allylic oxidation sites excluding steroid dienone is 5. The number of unbranched alkanes of at least 4 members (excludes halogenated alkanes) is 1. The molecule has 0 aromatic carbocycles. The minimum absolute atomic E-state index is 0.109. The van der Waals surface area contributed by atoms with Crippen LogP contribution in [0, 0.1) is 5.92 Å². The fourth-order valence-corrected chi connectivity index (χ4v) is 2.35. The summed E-state index contributed by atoms with van der Waals surface area (Å²) in [4.78, 5) is 21.8. The topological polar surface area (TPSA) is 63.6 Å². The molecular weight excluding hydrogens is 328 g/mol. The first kappa shape index (κ1) is 24.2. The average Bonchev–Trinajstić information content (AvgIpc) is 2.56. The SMILES string of the molecule is CC(C)=CCC[C@@H](C)C/C=C\C/C=C\CCOC(=O)CCCCC(=O)O. The van der Waals surface area contributed by atoms with E-state index in [1.54, 1.807) is 0 Å². The molecule has 0 amide bonds. The monoisotopic (exact) mass is 364 g/mol. The number of carboxylic acids is 1. The summed E-state index contributed by atoms with van der Waals surface area (Å²) in [6, 6.07) is 0. The molecule has 26 heavy (non-hydrogen) atoms. The summed E-state index contributed by atoms with van der Waals surface area (Å²) < 4.78 is 5.10. The Morgan fingerprint density at radius 3 is 2.38 bits per heavy atom. The maximum atomic E-state index is 11.4. The van der Waals surface area contributed by atoms with Crippen molar-refractivity contribution < 1.29 is 19.4 Å². The number of hydrogen-bond acceptors (Lipinski definition) is 3. The third-order valence-electron chi connectivity index (χ3n) is 3.93. The highest BCUT2D eigenvalue weighted by atomic mass is 16.5. The molecular formula is C22H36O4. The summed E-state index contributed by atoms with van der Waals surface area (Å²) in [6.07, 6.45) is 17.5. The van der Waals surface area contributed by atoms with Crippen LogP contribution in [0.4, 0.5) is 0 Å². The lowest BCUT2D eigenvalue weighted by Gasteiger charge is -2.06. The number of hydrogen-bond donors (Lipinski definition) is 1. The molecule has 0 unspecified atom stereocenters. The minimum Gasteiger partial charge on any atom is -0.481 e. The second-order valence-corrected chi connectivity index (χ2v) is 6.99. The van der Waals surface area contributed by atoms with E-state index in [4.69, 9.17) is 9.84 Å².